The van der Waals surface area contributed by atoms with Crippen LogP contribution in [0.5, 0.6) is 0 Å². The predicted octanol–water partition coefficient (Wildman–Crippen LogP) is 3.26. The van der Waals surface area contributed by atoms with Crippen LogP contribution in [0, 0.1) is 23.2 Å². The summed E-state index contributed by atoms with van der Waals surface area (Å²) >= 11 is 0. The molecule has 5 N–H and O–H groups in total. The van der Waals surface area contributed by atoms with Crippen LogP contribution in [0.15, 0.2) is 36.9 Å². The molecule has 0 spiro atoms. The van der Waals surface area contributed by atoms with Gasteiger partial charge in [-0.2, -0.15) is 0 Å². The average molecular weight is 711 g/mol. The summed E-state index contributed by atoms with van der Waals surface area (Å²) in [6.45, 7) is 15.5. The topological polar surface area (TPSA) is 175 Å². The van der Waals surface area contributed by atoms with Gasteiger partial charge in [0, 0.05) is 20.1 Å². The van der Waals surface area contributed by atoms with Crippen molar-refractivity contribution in [2.75, 3.05) is 26.7 Å². The van der Waals surface area contributed by atoms with Gasteiger partial charge in [-0.05, 0) is 60.0 Å². The number of amides is 6. The van der Waals surface area contributed by atoms with Gasteiger partial charge in [0.1, 0.15) is 18.7 Å². The Kier molecular flexibility index (Phi) is 15.0. The highest BCUT2D eigenvalue weighted by Gasteiger charge is 2.47. The lowest BCUT2D eigenvalue weighted by atomic mass is 9.87. The summed E-state index contributed by atoms with van der Waals surface area (Å²) in [6, 6.07) is 3.80. The molecule has 0 radical (unpaired) electrons. The molecule has 1 aliphatic carbocycles. The third-order valence-electron chi connectivity index (χ3n) is 10.0. The molecular formula is C38H58N6O7. The maximum atomic E-state index is 14.7. The molecule has 1 aromatic rings. The van der Waals surface area contributed by atoms with Crippen molar-refractivity contribution >= 4 is 35.6 Å². The maximum absolute atomic E-state index is 14.7. The maximum Gasteiger partial charge on any atom is 0.406 e. The second-order valence-corrected chi connectivity index (χ2v) is 15.0. The molecule has 1 fully saturated rings. The molecule has 282 valence electrons. The summed E-state index contributed by atoms with van der Waals surface area (Å²) < 4.78 is 5.27. The highest BCUT2D eigenvalue weighted by molar-refractivity contribution is 6.38. The zero-order chi connectivity index (χ0) is 37.9. The summed E-state index contributed by atoms with van der Waals surface area (Å²) in [5.41, 5.74) is 1.69. The first-order chi connectivity index (χ1) is 24.1. The molecule has 0 bridgehead atoms. The lowest BCUT2D eigenvalue weighted by Crippen LogP contribution is -2.61. The van der Waals surface area contributed by atoms with Gasteiger partial charge in [0.05, 0.1) is 12.1 Å². The van der Waals surface area contributed by atoms with Crippen LogP contribution in [-0.2, 0) is 36.8 Å². The van der Waals surface area contributed by atoms with Crippen molar-refractivity contribution in [2.45, 2.75) is 104 Å². The van der Waals surface area contributed by atoms with Crippen LogP contribution in [0.2, 0.25) is 0 Å². The Labute approximate surface area is 302 Å². The van der Waals surface area contributed by atoms with Gasteiger partial charge in [-0.3, -0.25) is 19.2 Å². The molecule has 1 heterocycles. The summed E-state index contributed by atoms with van der Waals surface area (Å²) in [6.07, 6.45) is 4.15. The number of hydrogen-bond acceptors (Lipinski definition) is 7. The number of alkyl carbamates (subject to hydrolysis) is 1. The van der Waals surface area contributed by atoms with Gasteiger partial charge >= 0.3 is 12.1 Å². The fourth-order valence-electron chi connectivity index (χ4n) is 6.91. The standard InChI is InChI=1S/C38H58N6O7/c1-9-11-16-28(32(45)34(47)40-18-10-2)41-33(46)31-27(23(3)4)17-19-44(31)35(48)30(26-20-24-14-12-13-15-25(24)21-26)43-36(49)42-29(38(5,6)7)22-51-37(50)39-8/h10,12-15,23,26-31H,2,9,11,16-22H2,1,3-8H3,(H,39,50)(H,40,47)(H,41,46)(H2,42,43,49)/t27-,28?,29-,30+,31?/m1/s1. The van der Waals surface area contributed by atoms with E-state index in [1.54, 1.807) is 4.90 Å². The van der Waals surface area contributed by atoms with Gasteiger partial charge in [-0.25, -0.2) is 9.59 Å². The van der Waals surface area contributed by atoms with Gasteiger partial charge in [0.25, 0.3) is 5.91 Å². The van der Waals surface area contributed by atoms with E-state index in [-0.39, 0.29) is 49.8 Å². The number of rotatable bonds is 16. The highest BCUT2D eigenvalue weighted by atomic mass is 16.5. The van der Waals surface area contributed by atoms with Crippen LogP contribution in [0.4, 0.5) is 9.59 Å². The van der Waals surface area contributed by atoms with E-state index in [4.69, 9.17) is 4.74 Å². The molecule has 1 aromatic carbocycles. The number of urea groups is 1. The number of benzene rings is 1. The Morgan fingerprint density at radius 2 is 1.67 bits per heavy atom. The quantitative estimate of drug-likeness (QED) is 0.129. The predicted molar refractivity (Wildman–Crippen MR) is 195 cm³/mol. The third kappa shape index (κ3) is 11.0. The van der Waals surface area contributed by atoms with Crippen molar-refractivity contribution in [1.29, 1.82) is 0 Å². The number of nitrogens with one attached hydrogen (secondary N) is 5. The van der Waals surface area contributed by atoms with E-state index in [1.807, 2.05) is 65.8 Å². The number of ketones is 1. The van der Waals surface area contributed by atoms with Gasteiger partial charge in [0.2, 0.25) is 17.6 Å². The Morgan fingerprint density at radius 1 is 1.02 bits per heavy atom. The van der Waals surface area contributed by atoms with Gasteiger partial charge in [-0.1, -0.05) is 84.7 Å². The molecule has 6 amide bonds. The van der Waals surface area contributed by atoms with E-state index < -0.39 is 59.3 Å². The minimum absolute atomic E-state index is 0.0255. The monoisotopic (exact) mass is 710 g/mol. The van der Waals surface area contributed by atoms with Crippen molar-refractivity contribution in [3.8, 4) is 0 Å². The van der Waals surface area contributed by atoms with E-state index in [0.29, 0.717) is 25.7 Å². The van der Waals surface area contributed by atoms with Crippen molar-refractivity contribution in [2.24, 2.45) is 23.2 Å². The van der Waals surface area contributed by atoms with E-state index >= 15 is 0 Å². The SMILES string of the molecule is C=CCNC(=O)C(=O)C(CCCC)NC(=O)C1[C@@H](C(C)C)CCN1C(=O)[C@@H](NC(=O)N[C@H](COC(=O)NC)C(C)(C)C)C1Cc2ccccc2C1. The number of likely N-dealkylation sites (tertiary alicyclic amines) is 1. The molecule has 3 rings (SSSR count). The van der Waals surface area contributed by atoms with Crippen molar-refractivity contribution in [1.82, 2.24) is 31.5 Å². The normalized spacial score (nSPS) is 18.9. The van der Waals surface area contributed by atoms with E-state index in [1.165, 1.54) is 13.1 Å². The molecule has 0 aromatic heterocycles. The molecule has 0 saturated carbocycles. The van der Waals surface area contributed by atoms with Crippen LogP contribution in [0.1, 0.15) is 78.4 Å². The van der Waals surface area contributed by atoms with E-state index in [9.17, 15) is 28.8 Å². The zero-order valence-corrected chi connectivity index (χ0v) is 31.3. The number of unbranched alkanes of at least 4 members (excludes halogenated alkanes) is 1. The fourth-order valence-corrected chi connectivity index (χ4v) is 6.91. The van der Waals surface area contributed by atoms with Crippen LogP contribution in [0.3, 0.4) is 0 Å². The van der Waals surface area contributed by atoms with Crippen molar-refractivity contribution < 1.29 is 33.5 Å². The molecule has 13 heteroatoms. The third-order valence-corrected chi connectivity index (χ3v) is 10.0. The summed E-state index contributed by atoms with van der Waals surface area (Å²) in [5, 5.41) is 13.6. The Morgan fingerprint density at radius 3 is 2.22 bits per heavy atom. The van der Waals surface area contributed by atoms with Crippen LogP contribution < -0.4 is 26.6 Å². The Balaban J connectivity index is 1.92. The molecule has 13 nitrogen and oxygen atoms in total. The lowest BCUT2D eigenvalue weighted by molar-refractivity contribution is -0.144. The summed E-state index contributed by atoms with van der Waals surface area (Å²) in [7, 11) is 1.45. The lowest BCUT2D eigenvalue weighted by Gasteiger charge is -2.35. The number of fused-ring (bicyclic) bond motifs is 1. The molecular weight excluding hydrogens is 652 g/mol. The van der Waals surface area contributed by atoms with Crippen LogP contribution >= 0.6 is 0 Å². The van der Waals surface area contributed by atoms with Crippen LogP contribution in [0.25, 0.3) is 0 Å². The Hall–Kier alpha value is -4.42. The number of nitrogens with zero attached hydrogens (tertiary/aromatic N) is 1. The van der Waals surface area contributed by atoms with Gasteiger partial charge in [-0.15, -0.1) is 6.58 Å². The molecule has 1 aliphatic heterocycles. The second kappa shape index (κ2) is 18.7. The number of Topliss-reactive ketones (excluding diaryl/α,β-unsaturated/α-hetero) is 1. The number of carbonyl (C=O) groups is 6. The zero-order valence-electron chi connectivity index (χ0n) is 31.3. The highest BCUT2D eigenvalue weighted by Crippen LogP contribution is 2.35. The molecule has 2 aliphatic rings. The number of hydrogen-bond donors (Lipinski definition) is 5. The van der Waals surface area contributed by atoms with Gasteiger partial charge in [0.15, 0.2) is 0 Å². The second-order valence-electron chi connectivity index (χ2n) is 15.0. The minimum atomic E-state index is -1.05. The molecule has 5 atom stereocenters. The van der Waals surface area contributed by atoms with Crippen LogP contribution in [-0.4, -0.2) is 91.4 Å². The van der Waals surface area contributed by atoms with Gasteiger partial charge < -0.3 is 36.2 Å². The van der Waals surface area contributed by atoms with E-state index in [2.05, 4.69) is 33.2 Å². The largest absolute Gasteiger partial charge is 0.447 e. The average Bonchev–Trinajstić information content (AvgIpc) is 3.73. The first kappa shape index (κ1) is 41.0. The molecule has 2 unspecified atom stereocenters. The molecule has 1 saturated heterocycles. The fraction of sp³-hybridized carbons (Fsp3) is 0.632. The first-order valence-electron chi connectivity index (χ1n) is 18.1. The van der Waals surface area contributed by atoms with Crippen molar-refractivity contribution in [3.63, 3.8) is 0 Å². The summed E-state index contributed by atoms with van der Waals surface area (Å²) in [5.74, 6) is -2.91. The Bertz CT molecular complexity index is 1400. The minimum Gasteiger partial charge on any atom is -0.447 e. The van der Waals surface area contributed by atoms with Crippen molar-refractivity contribution in [3.05, 3.63) is 48.0 Å². The smallest absolute Gasteiger partial charge is 0.406 e. The molecule has 51 heavy (non-hydrogen) atoms. The number of ether oxygens (including phenoxy) is 1. The number of carbonyl (C=O) groups excluding carboxylic acids is 6. The first-order valence-corrected chi connectivity index (χ1v) is 18.1. The summed E-state index contributed by atoms with van der Waals surface area (Å²) in [4.78, 5) is 81.8. The van der Waals surface area contributed by atoms with E-state index in [0.717, 1.165) is 17.5 Å².